The van der Waals surface area contributed by atoms with Gasteiger partial charge in [0.05, 0.1) is 16.9 Å². The van der Waals surface area contributed by atoms with E-state index in [2.05, 4.69) is 32.2 Å². The third kappa shape index (κ3) is 6.16. The van der Waals surface area contributed by atoms with E-state index in [1.54, 1.807) is 13.8 Å². The van der Waals surface area contributed by atoms with Crippen molar-refractivity contribution in [3.8, 4) is 6.07 Å². The van der Waals surface area contributed by atoms with Crippen molar-refractivity contribution >= 4 is 5.69 Å². The van der Waals surface area contributed by atoms with Crippen LogP contribution >= 0.6 is 0 Å². The molecule has 0 saturated heterocycles. The third-order valence-electron chi connectivity index (χ3n) is 3.04. The molecule has 0 heterocycles. The highest BCUT2D eigenvalue weighted by Crippen LogP contribution is 2.22. The Bertz CT molecular complexity index is 518. The van der Waals surface area contributed by atoms with Gasteiger partial charge in [-0.15, -0.1) is 0 Å². The minimum absolute atomic E-state index is 0.0448. The van der Waals surface area contributed by atoms with E-state index in [4.69, 9.17) is 0 Å². The largest absolute Gasteiger partial charge is 0.389 e. The van der Waals surface area contributed by atoms with Crippen LogP contribution in [0.1, 0.15) is 45.7 Å². The molecule has 0 fully saturated rings. The van der Waals surface area contributed by atoms with Gasteiger partial charge >= 0.3 is 0 Å². The number of hydrogen-bond donors (Lipinski definition) is 2. The Morgan fingerprint density at radius 3 is 2.33 bits per heavy atom. The first-order chi connectivity index (χ1) is 9.52. The van der Waals surface area contributed by atoms with Crippen LogP contribution in [0.3, 0.4) is 0 Å². The topological polar surface area (TPSA) is 59.3 Å². The van der Waals surface area contributed by atoms with E-state index in [1.807, 2.05) is 30.1 Å². The first-order valence-electron chi connectivity index (χ1n) is 7.23. The van der Waals surface area contributed by atoms with Crippen LogP contribution in [-0.4, -0.2) is 29.8 Å². The summed E-state index contributed by atoms with van der Waals surface area (Å²) in [6.07, 6.45) is 0. The minimum Gasteiger partial charge on any atom is -0.389 e. The molecular weight excluding hydrogens is 262 g/mol. The van der Waals surface area contributed by atoms with E-state index in [0.29, 0.717) is 12.1 Å². The van der Waals surface area contributed by atoms with Gasteiger partial charge < -0.3 is 15.3 Å². The first-order valence-corrected chi connectivity index (χ1v) is 7.23. The lowest BCUT2D eigenvalue weighted by Crippen LogP contribution is -2.36. The van der Waals surface area contributed by atoms with Crippen LogP contribution in [-0.2, 0) is 6.54 Å². The zero-order chi connectivity index (χ0) is 16.3. The van der Waals surface area contributed by atoms with Crippen LogP contribution in [0.2, 0.25) is 0 Å². The zero-order valence-electron chi connectivity index (χ0n) is 14.0. The number of aliphatic hydroxyl groups is 1. The smallest absolute Gasteiger partial charge is 0.101 e. The summed E-state index contributed by atoms with van der Waals surface area (Å²) in [6, 6.07) is 8.13. The summed E-state index contributed by atoms with van der Waals surface area (Å²) in [5.74, 6) is 0. The van der Waals surface area contributed by atoms with Gasteiger partial charge in [0, 0.05) is 25.7 Å². The molecule has 0 aromatic heterocycles. The van der Waals surface area contributed by atoms with Gasteiger partial charge in [-0.2, -0.15) is 5.26 Å². The Hall–Kier alpha value is -1.57. The van der Waals surface area contributed by atoms with Crippen LogP contribution < -0.4 is 10.2 Å². The average Bonchev–Trinajstić information content (AvgIpc) is 2.33. The van der Waals surface area contributed by atoms with Gasteiger partial charge in [0.2, 0.25) is 0 Å². The second-order valence-corrected chi connectivity index (χ2v) is 7.24. The lowest BCUT2D eigenvalue weighted by Gasteiger charge is -2.28. The van der Waals surface area contributed by atoms with E-state index in [0.717, 1.165) is 17.8 Å². The van der Waals surface area contributed by atoms with Crippen LogP contribution in [0.4, 0.5) is 5.69 Å². The van der Waals surface area contributed by atoms with Gasteiger partial charge in [-0.1, -0.05) is 6.07 Å². The van der Waals surface area contributed by atoms with Crippen molar-refractivity contribution in [2.24, 2.45) is 0 Å². The molecule has 0 bridgehead atoms. The molecule has 0 aliphatic rings. The van der Waals surface area contributed by atoms with E-state index >= 15 is 0 Å². The second-order valence-electron chi connectivity index (χ2n) is 7.24. The van der Waals surface area contributed by atoms with Gasteiger partial charge in [-0.05, 0) is 52.3 Å². The van der Waals surface area contributed by atoms with Gasteiger partial charge in [0.1, 0.15) is 6.07 Å². The zero-order valence-corrected chi connectivity index (χ0v) is 14.0. The molecule has 1 aromatic carbocycles. The molecule has 1 rings (SSSR count). The van der Waals surface area contributed by atoms with Crippen molar-refractivity contribution in [3.63, 3.8) is 0 Å². The molecule has 116 valence electrons. The molecule has 0 aliphatic heterocycles. The Labute approximate surface area is 128 Å². The van der Waals surface area contributed by atoms with Crippen molar-refractivity contribution in [3.05, 3.63) is 29.3 Å². The van der Waals surface area contributed by atoms with Crippen LogP contribution in [0, 0.1) is 11.3 Å². The molecule has 2 N–H and O–H groups in total. The average molecular weight is 289 g/mol. The van der Waals surface area contributed by atoms with Gasteiger partial charge in [-0.25, -0.2) is 0 Å². The molecule has 21 heavy (non-hydrogen) atoms. The van der Waals surface area contributed by atoms with Crippen LogP contribution in [0.5, 0.6) is 0 Å². The molecule has 0 unspecified atom stereocenters. The highest BCUT2D eigenvalue weighted by Gasteiger charge is 2.18. The molecule has 1 aromatic rings. The summed E-state index contributed by atoms with van der Waals surface area (Å²) in [5, 5.41) is 22.7. The van der Waals surface area contributed by atoms with Crippen LogP contribution in [0.15, 0.2) is 18.2 Å². The molecule has 0 spiro atoms. The van der Waals surface area contributed by atoms with Gasteiger partial charge in [-0.3, -0.25) is 0 Å². The number of anilines is 1. The maximum atomic E-state index is 9.91. The van der Waals surface area contributed by atoms with Crippen LogP contribution in [0.25, 0.3) is 0 Å². The summed E-state index contributed by atoms with van der Waals surface area (Å²) < 4.78 is 0. The predicted octanol–water partition coefficient (Wildman–Crippen LogP) is 2.65. The number of nitrogens with one attached hydrogen (secondary N) is 1. The molecule has 4 nitrogen and oxygen atoms in total. The Kier molecular flexibility index (Phi) is 5.38. The lowest BCUT2D eigenvalue weighted by molar-refractivity contribution is 0.0886. The fraction of sp³-hybridized carbons (Fsp3) is 0.588. The standard InChI is InChI=1S/C17H27N3O/c1-16(2,3)19-11-13-7-8-15(14(9-13)10-18)20(6)12-17(4,5)21/h7-9,19,21H,11-12H2,1-6H3. The predicted molar refractivity (Wildman–Crippen MR) is 87.3 cm³/mol. The Morgan fingerprint density at radius 1 is 1.24 bits per heavy atom. The number of nitriles is 1. The minimum atomic E-state index is -0.798. The summed E-state index contributed by atoms with van der Waals surface area (Å²) in [4.78, 5) is 1.92. The number of likely N-dealkylation sites (N-methyl/N-ethyl adjacent to an activating group) is 1. The van der Waals surface area contributed by atoms with Crippen molar-refractivity contribution in [1.29, 1.82) is 5.26 Å². The number of benzene rings is 1. The Balaban J connectivity index is 2.92. The quantitative estimate of drug-likeness (QED) is 0.875. The van der Waals surface area contributed by atoms with Crippen molar-refractivity contribution in [2.75, 3.05) is 18.5 Å². The van der Waals surface area contributed by atoms with E-state index in [9.17, 15) is 10.4 Å². The maximum absolute atomic E-state index is 9.91. The monoisotopic (exact) mass is 289 g/mol. The van der Waals surface area contributed by atoms with Crippen molar-refractivity contribution in [1.82, 2.24) is 5.32 Å². The first kappa shape index (κ1) is 17.5. The van der Waals surface area contributed by atoms with E-state index in [1.165, 1.54) is 0 Å². The molecule has 0 atom stereocenters. The third-order valence-corrected chi connectivity index (χ3v) is 3.04. The van der Waals surface area contributed by atoms with Crippen molar-refractivity contribution < 1.29 is 5.11 Å². The number of hydrogen-bond acceptors (Lipinski definition) is 4. The highest BCUT2D eigenvalue weighted by molar-refractivity contribution is 5.60. The van der Waals surface area contributed by atoms with Gasteiger partial charge in [0.15, 0.2) is 0 Å². The Morgan fingerprint density at radius 2 is 1.86 bits per heavy atom. The number of rotatable bonds is 5. The summed E-state index contributed by atoms with van der Waals surface area (Å²) in [7, 11) is 1.89. The maximum Gasteiger partial charge on any atom is 0.101 e. The van der Waals surface area contributed by atoms with E-state index < -0.39 is 5.60 Å². The second kappa shape index (κ2) is 6.46. The van der Waals surface area contributed by atoms with Crippen molar-refractivity contribution in [2.45, 2.75) is 52.3 Å². The normalized spacial score (nSPS) is 12.1. The SMILES string of the molecule is CN(CC(C)(C)O)c1ccc(CNC(C)(C)C)cc1C#N. The summed E-state index contributed by atoms with van der Waals surface area (Å²) in [5.41, 5.74) is 1.81. The fourth-order valence-electron chi connectivity index (χ4n) is 2.15. The molecule has 0 saturated carbocycles. The number of nitrogens with zero attached hydrogens (tertiary/aromatic N) is 2. The summed E-state index contributed by atoms with van der Waals surface area (Å²) in [6.45, 7) is 11.1. The molecule has 4 heteroatoms. The lowest BCUT2D eigenvalue weighted by atomic mass is 10.0. The molecule has 0 aliphatic carbocycles. The molecule has 0 amide bonds. The molecule has 0 radical (unpaired) electrons. The molecular formula is C17H27N3O. The van der Waals surface area contributed by atoms with Gasteiger partial charge in [0.25, 0.3) is 0 Å². The summed E-state index contributed by atoms with van der Waals surface area (Å²) >= 11 is 0. The van der Waals surface area contributed by atoms with E-state index in [-0.39, 0.29) is 5.54 Å². The fourth-order valence-corrected chi connectivity index (χ4v) is 2.15. The highest BCUT2D eigenvalue weighted by atomic mass is 16.3.